The smallest absolute Gasteiger partial charge is 0.0669 e. The van der Waals surface area contributed by atoms with Crippen LogP contribution in [-0.4, -0.2) is 0 Å². The maximum atomic E-state index is 8.74. The van der Waals surface area contributed by atoms with Gasteiger partial charge in [0.2, 0.25) is 0 Å². The van der Waals surface area contributed by atoms with Crippen molar-refractivity contribution in [2.75, 3.05) is 0 Å². The normalized spacial score (nSPS) is 20.9. The number of rotatable bonds is 4. The molecule has 0 heterocycles. The van der Waals surface area contributed by atoms with Crippen molar-refractivity contribution >= 4 is 0 Å². The molecule has 1 heteroatoms. The van der Waals surface area contributed by atoms with E-state index in [9.17, 15) is 0 Å². The molecule has 1 nitrogen and oxygen atoms in total. The Bertz CT molecular complexity index is 653. The Kier molecular flexibility index (Phi) is 5.13. The number of benzene rings is 2. The maximum Gasteiger partial charge on any atom is 0.0669 e. The minimum absolute atomic E-state index is 0.486. The Morgan fingerprint density at radius 3 is 1.96 bits per heavy atom. The van der Waals surface area contributed by atoms with Crippen LogP contribution >= 0.6 is 0 Å². The highest BCUT2D eigenvalue weighted by atomic mass is 14.3. The lowest BCUT2D eigenvalue weighted by molar-refractivity contribution is 0.319. The SMILES string of the molecule is CC[C@H]1CC[C@H](c2ccc(-c3ccc(CC#N)cc3)cc2)CC1. The van der Waals surface area contributed by atoms with Crippen LogP contribution in [0.4, 0.5) is 0 Å². The molecule has 3 rings (SSSR count). The average molecular weight is 303 g/mol. The van der Waals surface area contributed by atoms with E-state index in [0.717, 1.165) is 17.4 Å². The van der Waals surface area contributed by atoms with E-state index in [1.807, 2.05) is 0 Å². The third-order valence-corrected chi connectivity index (χ3v) is 5.38. The third-order valence-electron chi connectivity index (χ3n) is 5.38. The quantitative estimate of drug-likeness (QED) is 0.669. The molecule has 1 aliphatic rings. The van der Waals surface area contributed by atoms with E-state index >= 15 is 0 Å². The summed E-state index contributed by atoms with van der Waals surface area (Å²) in [5.41, 5.74) is 5.08. The van der Waals surface area contributed by atoms with Gasteiger partial charge in [-0.25, -0.2) is 0 Å². The number of nitriles is 1. The molecular weight excluding hydrogens is 278 g/mol. The first-order valence-electron chi connectivity index (χ1n) is 8.86. The van der Waals surface area contributed by atoms with Gasteiger partial charge in [0.25, 0.3) is 0 Å². The topological polar surface area (TPSA) is 23.8 Å². The van der Waals surface area contributed by atoms with Crippen molar-refractivity contribution in [3.63, 3.8) is 0 Å². The molecule has 0 atom stereocenters. The molecule has 23 heavy (non-hydrogen) atoms. The van der Waals surface area contributed by atoms with Gasteiger partial charge in [0.05, 0.1) is 12.5 Å². The molecule has 1 fully saturated rings. The largest absolute Gasteiger partial charge is 0.198 e. The van der Waals surface area contributed by atoms with Gasteiger partial charge in [-0.15, -0.1) is 0 Å². The fraction of sp³-hybridized carbons (Fsp3) is 0.409. The summed E-state index contributed by atoms with van der Waals surface area (Å²) in [5.74, 6) is 1.71. The first-order chi connectivity index (χ1) is 11.3. The van der Waals surface area contributed by atoms with E-state index in [1.165, 1.54) is 48.8 Å². The molecule has 0 spiro atoms. The molecule has 0 bridgehead atoms. The van der Waals surface area contributed by atoms with E-state index in [4.69, 9.17) is 5.26 Å². The molecule has 0 aromatic heterocycles. The van der Waals surface area contributed by atoms with Crippen LogP contribution in [0.1, 0.15) is 56.1 Å². The van der Waals surface area contributed by atoms with Crippen molar-refractivity contribution in [2.45, 2.75) is 51.4 Å². The second kappa shape index (κ2) is 7.47. The molecule has 2 aromatic rings. The fourth-order valence-electron chi connectivity index (χ4n) is 3.76. The summed E-state index contributed by atoms with van der Waals surface area (Å²) in [7, 11) is 0. The van der Waals surface area contributed by atoms with Gasteiger partial charge in [0.15, 0.2) is 0 Å². The van der Waals surface area contributed by atoms with Crippen LogP contribution in [0.5, 0.6) is 0 Å². The van der Waals surface area contributed by atoms with E-state index in [0.29, 0.717) is 6.42 Å². The van der Waals surface area contributed by atoms with Gasteiger partial charge in [-0.05, 0) is 59.8 Å². The van der Waals surface area contributed by atoms with Crippen LogP contribution in [0.2, 0.25) is 0 Å². The summed E-state index contributed by atoms with van der Waals surface area (Å²) in [6.07, 6.45) is 7.31. The Morgan fingerprint density at radius 1 is 0.870 bits per heavy atom. The van der Waals surface area contributed by atoms with Crippen molar-refractivity contribution in [2.24, 2.45) is 5.92 Å². The monoisotopic (exact) mass is 303 g/mol. The summed E-state index contributed by atoms with van der Waals surface area (Å²) in [4.78, 5) is 0. The van der Waals surface area contributed by atoms with Crippen LogP contribution in [0, 0.1) is 17.2 Å². The van der Waals surface area contributed by atoms with Crippen molar-refractivity contribution in [1.82, 2.24) is 0 Å². The van der Waals surface area contributed by atoms with Gasteiger partial charge in [-0.1, -0.05) is 61.9 Å². The van der Waals surface area contributed by atoms with Crippen LogP contribution in [0.15, 0.2) is 48.5 Å². The summed E-state index contributed by atoms with van der Waals surface area (Å²) < 4.78 is 0. The van der Waals surface area contributed by atoms with Gasteiger partial charge < -0.3 is 0 Å². The zero-order valence-corrected chi connectivity index (χ0v) is 14.0. The number of hydrogen-bond donors (Lipinski definition) is 0. The molecule has 1 aliphatic carbocycles. The highest BCUT2D eigenvalue weighted by Crippen LogP contribution is 2.37. The molecule has 0 saturated heterocycles. The summed E-state index contributed by atoms with van der Waals surface area (Å²) in [5, 5.41) is 8.74. The summed E-state index contributed by atoms with van der Waals surface area (Å²) >= 11 is 0. The lowest BCUT2D eigenvalue weighted by atomic mass is 9.77. The standard InChI is InChI=1S/C22H25N/c1-2-17-3-7-19(8-4-17)21-11-13-22(14-12-21)20-9-5-18(6-10-20)15-16-23/h5-6,9-14,17,19H,2-4,7-8,15H2,1H3/t17-,19-. The third kappa shape index (κ3) is 3.82. The highest BCUT2D eigenvalue weighted by Gasteiger charge is 2.21. The van der Waals surface area contributed by atoms with Crippen molar-refractivity contribution in [3.05, 3.63) is 59.7 Å². The molecule has 2 aromatic carbocycles. The van der Waals surface area contributed by atoms with E-state index in [2.05, 4.69) is 61.5 Å². The Hall–Kier alpha value is -2.07. The van der Waals surface area contributed by atoms with Gasteiger partial charge in [0.1, 0.15) is 0 Å². The van der Waals surface area contributed by atoms with E-state index in [-0.39, 0.29) is 0 Å². The minimum atomic E-state index is 0.486. The fourth-order valence-corrected chi connectivity index (χ4v) is 3.76. The van der Waals surface area contributed by atoms with Gasteiger partial charge in [0, 0.05) is 0 Å². The van der Waals surface area contributed by atoms with Crippen molar-refractivity contribution in [1.29, 1.82) is 5.26 Å². The lowest BCUT2D eigenvalue weighted by Crippen LogP contribution is -2.12. The molecule has 0 N–H and O–H groups in total. The molecule has 118 valence electrons. The average Bonchev–Trinajstić information content (AvgIpc) is 2.63. The second-order valence-electron chi connectivity index (χ2n) is 6.78. The molecular formula is C22H25N. The zero-order chi connectivity index (χ0) is 16.1. The Balaban J connectivity index is 1.68. The zero-order valence-electron chi connectivity index (χ0n) is 14.0. The van der Waals surface area contributed by atoms with Gasteiger partial charge >= 0.3 is 0 Å². The molecule has 0 radical (unpaired) electrons. The first kappa shape index (κ1) is 15.8. The highest BCUT2D eigenvalue weighted by molar-refractivity contribution is 5.64. The maximum absolute atomic E-state index is 8.74. The number of nitrogens with zero attached hydrogens (tertiary/aromatic N) is 1. The van der Waals surface area contributed by atoms with E-state index < -0.39 is 0 Å². The van der Waals surface area contributed by atoms with Gasteiger partial charge in [-0.2, -0.15) is 5.26 Å². The van der Waals surface area contributed by atoms with Gasteiger partial charge in [-0.3, -0.25) is 0 Å². The summed E-state index contributed by atoms with van der Waals surface area (Å²) in [6.45, 7) is 2.32. The predicted molar refractivity (Wildman–Crippen MR) is 96.2 cm³/mol. The Labute approximate surface area is 140 Å². The minimum Gasteiger partial charge on any atom is -0.198 e. The second-order valence-corrected chi connectivity index (χ2v) is 6.78. The van der Waals surface area contributed by atoms with Crippen LogP contribution in [0.25, 0.3) is 11.1 Å². The molecule has 0 amide bonds. The lowest BCUT2D eigenvalue weighted by Gasteiger charge is -2.28. The van der Waals surface area contributed by atoms with Crippen LogP contribution in [-0.2, 0) is 6.42 Å². The Morgan fingerprint density at radius 2 is 1.43 bits per heavy atom. The van der Waals surface area contributed by atoms with Crippen molar-refractivity contribution in [3.8, 4) is 17.2 Å². The van der Waals surface area contributed by atoms with Crippen LogP contribution in [0.3, 0.4) is 0 Å². The molecule has 1 saturated carbocycles. The summed E-state index contributed by atoms with van der Waals surface area (Å²) in [6, 6.07) is 19.7. The first-order valence-corrected chi connectivity index (χ1v) is 8.86. The number of hydrogen-bond acceptors (Lipinski definition) is 1. The molecule has 0 unspecified atom stereocenters. The predicted octanol–water partition coefficient (Wildman–Crippen LogP) is 6.10. The van der Waals surface area contributed by atoms with Crippen molar-refractivity contribution < 1.29 is 0 Å². The van der Waals surface area contributed by atoms with Crippen LogP contribution < -0.4 is 0 Å². The molecule has 0 aliphatic heterocycles. The van der Waals surface area contributed by atoms with E-state index in [1.54, 1.807) is 0 Å².